The van der Waals surface area contributed by atoms with Crippen LogP contribution < -0.4 is 14.6 Å². The molecule has 0 aromatic heterocycles. The molecule has 0 spiro atoms. The lowest BCUT2D eigenvalue weighted by molar-refractivity contribution is -0.305. The summed E-state index contributed by atoms with van der Waals surface area (Å²) in [7, 11) is 3.14. The molecule has 0 bridgehead atoms. The van der Waals surface area contributed by atoms with E-state index in [1.807, 2.05) is 0 Å². The molecule has 0 N–H and O–H groups in total. The second-order valence-corrected chi connectivity index (χ2v) is 7.30. The summed E-state index contributed by atoms with van der Waals surface area (Å²) >= 11 is 6.55. The zero-order valence-electron chi connectivity index (χ0n) is 14.6. The smallest absolute Gasteiger partial charge is 0.266 e. The zero-order chi connectivity index (χ0) is 19.1. The van der Waals surface area contributed by atoms with Gasteiger partial charge in [0.05, 0.1) is 19.1 Å². The molecule has 2 rings (SSSR count). The fourth-order valence-corrected chi connectivity index (χ4v) is 3.80. The summed E-state index contributed by atoms with van der Waals surface area (Å²) in [6.45, 7) is 0.476. The molecule has 1 aliphatic rings. The number of aliphatic carboxylic acids is 1. The van der Waals surface area contributed by atoms with E-state index in [2.05, 4.69) is 0 Å². The van der Waals surface area contributed by atoms with Gasteiger partial charge in [-0.1, -0.05) is 30.4 Å². The number of carboxylic acid groups (broad SMARTS) is 1. The molecule has 1 saturated heterocycles. The molecular formula is C18H20NO5S2-. The molecule has 1 aliphatic heterocycles. The first-order valence-electron chi connectivity index (χ1n) is 8.13. The van der Waals surface area contributed by atoms with Crippen LogP contribution >= 0.6 is 24.0 Å². The Morgan fingerprint density at radius 2 is 2.04 bits per heavy atom. The van der Waals surface area contributed by atoms with Gasteiger partial charge in [-0.25, -0.2) is 0 Å². The third kappa shape index (κ3) is 5.22. The van der Waals surface area contributed by atoms with E-state index in [1.54, 1.807) is 43.4 Å². The number of unbranched alkanes of at least 4 members (excludes halogenated alkanes) is 2. The Labute approximate surface area is 162 Å². The van der Waals surface area contributed by atoms with Crippen LogP contribution in [0, 0.1) is 0 Å². The third-order valence-electron chi connectivity index (χ3n) is 3.86. The summed E-state index contributed by atoms with van der Waals surface area (Å²) in [4.78, 5) is 25.1. The van der Waals surface area contributed by atoms with Crippen LogP contribution in [0.2, 0.25) is 0 Å². The van der Waals surface area contributed by atoms with Gasteiger partial charge in [-0.2, -0.15) is 0 Å². The molecule has 8 heteroatoms. The van der Waals surface area contributed by atoms with E-state index >= 15 is 0 Å². The van der Waals surface area contributed by atoms with Crippen molar-refractivity contribution >= 4 is 46.3 Å². The van der Waals surface area contributed by atoms with E-state index in [4.69, 9.17) is 21.7 Å². The van der Waals surface area contributed by atoms with Crippen LogP contribution in [0.15, 0.2) is 23.1 Å². The van der Waals surface area contributed by atoms with Crippen molar-refractivity contribution in [3.8, 4) is 11.5 Å². The number of nitrogens with zero attached hydrogens (tertiary/aromatic N) is 1. The molecule has 0 aliphatic carbocycles. The van der Waals surface area contributed by atoms with Gasteiger partial charge < -0.3 is 19.4 Å². The van der Waals surface area contributed by atoms with Crippen molar-refractivity contribution in [1.82, 2.24) is 4.90 Å². The summed E-state index contributed by atoms with van der Waals surface area (Å²) in [6, 6.07) is 5.36. The molecule has 26 heavy (non-hydrogen) atoms. The molecule has 0 radical (unpaired) electrons. The van der Waals surface area contributed by atoms with Gasteiger partial charge in [-0.05, 0) is 43.5 Å². The first-order valence-corrected chi connectivity index (χ1v) is 9.36. The number of hydrogen-bond donors (Lipinski definition) is 0. The Bertz CT molecular complexity index is 732. The molecule has 0 atom stereocenters. The molecular weight excluding hydrogens is 374 g/mol. The largest absolute Gasteiger partial charge is 0.550 e. The minimum atomic E-state index is -1.05. The first kappa shape index (κ1) is 20.3. The average molecular weight is 394 g/mol. The Hall–Kier alpha value is -2.06. The molecule has 1 fully saturated rings. The van der Waals surface area contributed by atoms with Crippen LogP contribution in [-0.4, -0.2) is 41.9 Å². The van der Waals surface area contributed by atoms with Crippen LogP contribution in [0.4, 0.5) is 0 Å². The zero-order valence-corrected chi connectivity index (χ0v) is 16.3. The highest BCUT2D eigenvalue weighted by Crippen LogP contribution is 2.35. The lowest BCUT2D eigenvalue weighted by atomic mass is 10.1. The number of amides is 1. The molecule has 1 aromatic carbocycles. The topological polar surface area (TPSA) is 78.9 Å². The normalized spacial score (nSPS) is 15.6. The fourth-order valence-electron chi connectivity index (χ4n) is 2.50. The monoisotopic (exact) mass is 394 g/mol. The minimum absolute atomic E-state index is 0.0356. The summed E-state index contributed by atoms with van der Waals surface area (Å²) in [5.74, 6) is 0.106. The third-order valence-corrected chi connectivity index (χ3v) is 5.24. The highest BCUT2D eigenvalue weighted by atomic mass is 32.2. The van der Waals surface area contributed by atoms with Crippen LogP contribution in [0.1, 0.15) is 31.2 Å². The second-order valence-electron chi connectivity index (χ2n) is 5.62. The van der Waals surface area contributed by atoms with E-state index in [9.17, 15) is 14.7 Å². The molecule has 1 heterocycles. The van der Waals surface area contributed by atoms with E-state index < -0.39 is 5.97 Å². The molecule has 6 nitrogen and oxygen atoms in total. The Balaban J connectivity index is 2.06. The SMILES string of the molecule is COc1ccc(OC)c(/C=C2/SC(=S)N(CCCCCC(=O)[O-])C2=O)c1. The number of carbonyl (C=O) groups excluding carboxylic acids is 2. The fraction of sp³-hybridized carbons (Fsp3) is 0.389. The summed E-state index contributed by atoms with van der Waals surface area (Å²) in [5.41, 5.74) is 0.737. The van der Waals surface area contributed by atoms with Gasteiger partial charge in [-0.3, -0.25) is 9.69 Å². The van der Waals surface area contributed by atoms with Gasteiger partial charge in [0, 0.05) is 18.1 Å². The number of carboxylic acids is 1. The Morgan fingerprint density at radius 1 is 1.27 bits per heavy atom. The van der Waals surface area contributed by atoms with E-state index in [0.717, 1.165) is 5.56 Å². The summed E-state index contributed by atoms with van der Waals surface area (Å²) in [5, 5.41) is 10.4. The number of ether oxygens (including phenoxy) is 2. The van der Waals surface area contributed by atoms with Gasteiger partial charge in [0.25, 0.3) is 5.91 Å². The average Bonchev–Trinajstić information content (AvgIpc) is 2.88. The van der Waals surface area contributed by atoms with E-state index in [-0.39, 0.29) is 12.3 Å². The minimum Gasteiger partial charge on any atom is -0.550 e. The van der Waals surface area contributed by atoms with Crippen molar-refractivity contribution in [1.29, 1.82) is 0 Å². The van der Waals surface area contributed by atoms with Gasteiger partial charge in [0.2, 0.25) is 0 Å². The Kier molecular flexibility index (Phi) is 7.47. The van der Waals surface area contributed by atoms with Gasteiger partial charge in [0.15, 0.2) is 0 Å². The number of hydrogen-bond acceptors (Lipinski definition) is 7. The van der Waals surface area contributed by atoms with Crippen molar-refractivity contribution in [2.24, 2.45) is 0 Å². The number of thioether (sulfide) groups is 1. The Morgan fingerprint density at radius 3 is 2.69 bits per heavy atom. The predicted molar refractivity (Wildman–Crippen MR) is 103 cm³/mol. The highest BCUT2D eigenvalue weighted by molar-refractivity contribution is 8.26. The maximum Gasteiger partial charge on any atom is 0.266 e. The molecule has 0 unspecified atom stereocenters. The van der Waals surface area contributed by atoms with E-state index in [0.29, 0.717) is 46.5 Å². The van der Waals surface area contributed by atoms with Gasteiger partial charge in [0.1, 0.15) is 15.8 Å². The lowest BCUT2D eigenvalue weighted by Crippen LogP contribution is -2.29. The maximum absolute atomic E-state index is 12.6. The van der Waals surface area contributed by atoms with E-state index in [1.165, 1.54) is 11.8 Å². The van der Waals surface area contributed by atoms with Gasteiger partial charge >= 0.3 is 0 Å². The first-order chi connectivity index (χ1) is 12.5. The number of carbonyl (C=O) groups is 2. The van der Waals surface area contributed by atoms with Crippen molar-refractivity contribution in [2.45, 2.75) is 25.7 Å². The molecule has 1 aromatic rings. The molecule has 140 valence electrons. The van der Waals surface area contributed by atoms with Crippen LogP contribution in [0.25, 0.3) is 6.08 Å². The highest BCUT2D eigenvalue weighted by Gasteiger charge is 2.31. The molecule has 1 amide bonds. The number of benzene rings is 1. The standard InChI is InChI=1S/C18H21NO5S2/c1-23-13-7-8-14(24-2)12(10-13)11-15-17(22)19(18(25)26-15)9-5-3-4-6-16(20)21/h7-8,10-11H,3-6,9H2,1-2H3,(H,20,21)/p-1/b15-11+. The van der Waals surface area contributed by atoms with Crippen LogP contribution in [0.5, 0.6) is 11.5 Å². The maximum atomic E-state index is 12.6. The quantitative estimate of drug-likeness (QED) is 0.361. The number of thiocarbonyl (C=S) groups is 1. The van der Waals surface area contributed by atoms with Crippen molar-refractivity contribution in [3.05, 3.63) is 28.7 Å². The lowest BCUT2D eigenvalue weighted by Gasteiger charge is -2.14. The second kappa shape index (κ2) is 9.59. The van der Waals surface area contributed by atoms with Crippen LogP contribution in [0.3, 0.4) is 0 Å². The van der Waals surface area contributed by atoms with Crippen molar-refractivity contribution in [3.63, 3.8) is 0 Å². The van der Waals surface area contributed by atoms with Crippen molar-refractivity contribution < 1.29 is 24.2 Å². The number of rotatable bonds is 9. The summed E-state index contributed by atoms with van der Waals surface area (Å²) < 4.78 is 11.1. The molecule has 0 saturated carbocycles. The predicted octanol–water partition coefficient (Wildman–Crippen LogP) is 2.22. The van der Waals surface area contributed by atoms with Crippen LogP contribution in [-0.2, 0) is 9.59 Å². The summed E-state index contributed by atoms with van der Waals surface area (Å²) in [6.07, 6.45) is 3.71. The number of methoxy groups -OCH3 is 2. The van der Waals surface area contributed by atoms with Gasteiger partial charge in [-0.15, -0.1) is 0 Å². The van der Waals surface area contributed by atoms with Crippen molar-refractivity contribution in [2.75, 3.05) is 20.8 Å².